The molecule has 4 atom stereocenters. The Hall–Kier alpha value is -6.26. The molecule has 0 saturated heterocycles. The van der Waals surface area contributed by atoms with Crippen LogP contribution in [0.4, 0.5) is 0 Å². The molecule has 69 heavy (non-hydrogen) atoms. The fourth-order valence-electron chi connectivity index (χ4n) is 10.3. The summed E-state index contributed by atoms with van der Waals surface area (Å²) in [6.07, 6.45) is 3.39. The van der Waals surface area contributed by atoms with Gasteiger partial charge in [0, 0.05) is 43.2 Å². The van der Waals surface area contributed by atoms with E-state index in [1.54, 1.807) is 71.1 Å². The highest BCUT2D eigenvalue weighted by Gasteiger charge is 2.45. The van der Waals surface area contributed by atoms with Crippen molar-refractivity contribution in [1.82, 2.24) is 0 Å². The van der Waals surface area contributed by atoms with Crippen molar-refractivity contribution in [3.8, 4) is 57.5 Å². The SMILES string of the molecule is COc1ccc(CC2c3cc(OC)c(OC)cc3CC[N+]2(C)CCCOC(=O)CCC(=O)OCCC[N+]2(C)CCc3cc(OC)c(OC)c(OC)c3C2c2cc(OC)c(OC)c(OC)c2)cc1OC. The highest BCUT2D eigenvalue weighted by Crippen LogP contribution is 2.53. The lowest BCUT2D eigenvalue weighted by Crippen LogP contribution is -2.52. The molecule has 0 radical (unpaired) electrons. The van der Waals surface area contributed by atoms with Crippen molar-refractivity contribution in [3.63, 3.8) is 0 Å². The van der Waals surface area contributed by atoms with E-state index in [2.05, 4.69) is 32.3 Å². The Kier molecular flexibility index (Phi) is 17.6. The second kappa shape index (κ2) is 23.4. The Morgan fingerprint density at radius 3 is 1.54 bits per heavy atom. The molecule has 376 valence electrons. The van der Waals surface area contributed by atoms with Crippen LogP contribution in [0.2, 0.25) is 0 Å². The molecule has 4 aromatic carbocycles. The molecule has 6 rings (SSSR count). The summed E-state index contributed by atoms with van der Waals surface area (Å²) >= 11 is 0. The zero-order chi connectivity index (χ0) is 49.9. The summed E-state index contributed by atoms with van der Waals surface area (Å²) in [6, 6.07) is 16.0. The molecule has 2 heterocycles. The minimum atomic E-state index is -0.451. The number of methoxy groups -OCH3 is 10. The number of hydrogen-bond acceptors (Lipinski definition) is 14. The van der Waals surface area contributed by atoms with E-state index in [1.165, 1.54) is 11.1 Å². The van der Waals surface area contributed by atoms with Crippen LogP contribution in [0.1, 0.15) is 71.1 Å². The number of benzene rings is 4. The van der Waals surface area contributed by atoms with Gasteiger partial charge in [0.1, 0.15) is 12.1 Å². The van der Waals surface area contributed by atoms with Crippen molar-refractivity contribution in [2.45, 2.75) is 57.0 Å². The highest BCUT2D eigenvalue weighted by atomic mass is 16.6. The number of esters is 2. The summed E-state index contributed by atoms with van der Waals surface area (Å²) in [7, 11) is 20.6. The van der Waals surface area contributed by atoms with Gasteiger partial charge in [-0.05, 0) is 59.2 Å². The maximum absolute atomic E-state index is 13.0. The second-order valence-electron chi connectivity index (χ2n) is 17.9. The summed E-state index contributed by atoms with van der Waals surface area (Å²) in [6.45, 7) is 3.48. The summed E-state index contributed by atoms with van der Waals surface area (Å²) in [5.74, 6) is 5.07. The van der Waals surface area contributed by atoms with Crippen LogP contribution in [-0.4, -0.2) is 145 Å². The molecule has 0 saturated carbocycles. The van der Waals surface area contributed by atoms with Gasteiger partial charge in [-0.3, -0.25) is 9.59 Å². The molecule has 4 unspecified atom stereocenters. The third kappa shape index (κ3) is 11.3. The highest BCUT2D eigenvalue weighted by molar-refractivity contribution is 5.77. The number of nitrogens with zero attached hydrogens (tertiary/aromatic N) is 2. The number of hydrogen-bond donors (Lipinski definition) is 0. The van der Waals surface area contributed by atoms with Crippen molar-refractivity contribution in [2.24, 2.45) is 0 Å². The molecule has 0 fully saturated rings. The second-order valence-corrected chi connectivity index (χ2v) is 17.9. The molecule has 2 aliphatic heterocycles. The van der Waals surface area contributed by atoms with Crippen molar-refractivity contribution < 1.29 is 75.4 Å². The smallest absolute Gasteiger partial charge is 0.306 e. The van der Waals surface area contributed by atoms with Crippen LogP contribution in [0.5, 0.6) is 57.5 Å². The Morgan fingerprint density at radius 1 is 0.507 bits per heavy atom. The van der Waals surface area contributed by atoms with Gasteiger partial charge in [0.05, 0.1) is 143 Å². The van der Waals surface area contributed by atoms with Crippen LogP contribution < -0.4 is 47.4 Å². The maximum atomic E-state index is 13.0. The van der Waals surface area contributed by atoms with Gasteiger partial charge < -0.3 is 65.8 Å². The van der Waals surface area contributed by atoms with E-state index < -0.39 is 11.9 Å². The van der Waals surface area contributed by atoms with Crippen LogP contribution in [0, 0.1) is 0 Å². The molecule has 0 N–H and O–H groups in total. The first-order chi connectivity index (χ1) is 33.3. The van der Waals surface area contributed by atoms with Crippen LogP contribution in [0.25, 0.3) is 0 Å². The fourth-order valence-corrected chi connectivity index (χ4v) is 10.3. The number of carbonyl (C=O) groups excluding carboxylic acids is 2. The third-order valence-electron chi connectivity index (χ3n) is 14.0. The third-order valence-corrected chi connectivity index (χ3v) is 14.0. The first kappa shape index (κ1) is 52.1. The number of ether oxygens (including phenoxy) is 12. The molecule has 0 aromatic heterocycles. The van der Waals surface area contributed by atoms with Gasteiger partial charge in [-0.25, -0.2) is 0 Å². The van der Waals surface area contributed by atoms with Gasteiger partial charge in [0.2, 0.25) is 11.5 Å². The predicted molar refractivity (Wildman–Crippen MR) is 259 cm³/mol. The Morgan fingerprint density at radius 2 is 0.986 bits per heavy atom. The molecule has 0 bridgehead atoms. The Balaban J connectivity index is 1.06. The number of fused-ring (bicyclic) bond motifs is 2. The van der Waals surface area contributed by atoms with E-state index in [0.29, 0.717) is 81.4 Å². The summed E-state index contributed by atoms with van der Waals surface area (Å²) in [5.41, 5.74) is 6.48. The normalized spacial score (nSPS) is 19.2. The van der Waals surface area contributed by atoms with Gasteiger partial charge in [-0.1, -0.05) is 6.07 Å². The van der Waals surface area contributed by atoms with E-state index in [0.717, 1.165) is 65.6 Å². The number of carbonyl (C=O) groups is 2. The van der Waals surface area contributed by atoms with Gasteiger partial charge in [0.25, 0.3) is 0 Å². The van der Waals surface area contributed by atoms with Crippen LogP contribution in [-0.2, 0) is 38.3 Å². The monoisotopic (exact) mass is 960 g/mol. The topological polar surface area (TPSA) is 145 Å². The van der Waals surface area contributed by atoms with E-state index >= 15 is 0 Å². The minimum absolute atomic E-state index is 0.0687. The lowest BCUT2D eigenvalue weighted by Gasteiger charge is -2.46. The fraction of sp³-hybridized carbons (Fsp3) is 0.509. The van der Waals surface area contributed by atoms with E-state index in [9.17, 15) is 9.59 Å². The zero-order valence-electron chi connectivity index (χ0n) is 42.6. The van der Waals surface area contributed by atoms with Gasteiger partial charge in [-0.2, -0.15) is 0 Å². The van der Waals surface area contributed by atoms with Crippen molar-refractivity contribution in [1.29, 1.82) is 0 Å². The predicted octanol–water partition coefficient (Wildman–Crippen LogP) is 7.50. The van der Waals surface area contributed by atoms with E-state index in [1.807, 2.05) is 30.3 Å². The average molecular weight is 961 g/mol. The molecule has 4 aromatic rings. The minimum Gasteiger partial charge on any atom is -0.493 e. The first-order valence-electron chi connectivity index (χ1n) is 23.4. The molecule has 0 aliphatic carbocycles. The zero-order valence-corrected chi connectivity index (χ0v) is 42.6. The largest absolute Gasteiger partial charge is 0.493 e. The van der Waals surface area contributed by atoms with Crippen LogP contribution in [0.3, 0.4) is 0 Å². The molecule has 16 nitrogen and oxygen atoms in total. The molecule has 2 aliphatic rings. The lowest BCUT2D eigenvalue weighted by atomic mass is 9.84. The quantitative estimate of drug-likeness (QED) is 0.0388. The van der Waals surface area contributed by atoms with E-state index in [-0.39, 0.29) is 38.1 Å². The number of likely N-dealkylation sites (N-methyl/N-ethyl adjacent to an activating group) is 2. The molecular formula is C53H72N2O14+2. The molecule has 0 amide bonds. The molecular weight excluding hydrogens is 889 g/mol. The average Bonchev–Trinajstić information content (AvgIpc) is 3.37. The summed E-state index contributed by atoms with van der Waals surface area (Å²) < 4.78 is 70.1. The first-order valence-corrected chi connectivity index (χ1v) is 23.4. The Bertz CT molecular complexity index is 2400. The van der Waals surface area contributed by atoms with Gasteiger partial charge in [0.15, 0.2) is 46.0 Å². The standard InChI is InChI=1S/C53H72N2O14/c1-54(23-19-35-29-42(60-5)43(61-6)33-38(35)39(54)27-34-15-16-40(58-3)41(28-34)59-4)21-13-25-68-47(56)17-18-48(57)69-26-14-22-55(2)24-20-36-30-46(64-9)52(66-11)53(67-12)49(36)50(55)37-31-44(62-7)51(65-10)45(32-37)63-8/h15-16,28-33,39,50H,13-14,17-27H2,1-12H3/q+2. The van der Waals surface area contributed by atoms with Crippen molar-refractivity contribution in [3.05, 3.63) is 81.9 Å². The van der Waals surface area contributed by atoms with Crippen LogP contribution in [0.15, 0.2) is 48.5 Å². The molecule has 16 heteroatoms. The number of rotatable bonds is 24. The Labute approximate surface area is 407 Å². The van der Waals surface area contributed by atoms with Crippen molar-refractivity contribution in [2.75, 3.05) is 125 Å². The maximum Gasteiger partial charge on any atom is 0.306 e. The number of quaternary nitrogens is 2. The molecule has 0 spiro atoms. The van der Waals surface area contributed by atoms with Gasteiger partial charge >= 0.3 is 11.9 Å². The van der Waals surface area contributed by atoms with Crippen molar-refractivity contribution >= 4 is 11.9 Å². The summed E-state index contributed by atoms with van der Waals surface area (Å²) in [5, 5.41) is 0. The van der Waals surface area contributed by atoms with Gasteiger partial charge in [-0.15, -0.1) is 0 Å². The van der Waals surface area contributed by atoms with Crippen LogP contribution >= 0.6 is 0 Å². The lowest BCUT2D eigenvalue weighted by molar-refractivity contribution is -0.941. The summed E-state index contributed by atoms with van der Waals surface area (Å²) in [4.78, 5) is 26.0. The van der Waals surface area contributed by atoms with E-state index in [4.69, 9.17) is 56.8 Å².